The van der Waals surface area contributed by atoms with Crippen molar-refractivity contribution in [3.63, 3.8) is 0 Å². The zero-order valence-electron chi connectivity index (χ0n) is 15.6. The smallest absolute Gasteiger partial charge is 0.449 e. The zero-order chi connectivity index (χ0) is 20.4. The summed E-state index contributed by atoms with van der Waals surface area (Å²) in [5.74, 6) is -0.729. The lowest BCUT2D eigenvalue weighted by atomic mass is 10.1. The number of Topliss-reactive ketones (excluding diaryl/α,β-unsaturated/α-hetero) is 1. The highest BCUT2D eigenvalue weighted by Crippen LogP contribution is 2.39. The van der Waals surface area contributed by atoms with Crippen molar-refractivity contribution in [3.8, 4) is 17.2 Å². The second kappa shape index (κ2) is 10.6. The highest BCUT2D eigenvalue weighted by molar-refractivity contribution is 5.91. The molecule has 6 nitrogen and oxygen atoms in total. The Kier molecular flexibility index (Phi) is 8.90. The van der Waals surface area contributed by atoms with Gasteiger partial charge in [-0.1, -0.05) is 12.8 Å². The quantitative estimate of drug-likeness (QED) is 0.575. The number of amides is 1. The lowest BCUT2D eigenvalue weighted by molar-refractivity contribution is -0.171. The van der Waals surface area contributed by atoms with Crippen LogP contribution in [0.5, 0.6) is 17.2 Å². The highest BCUT2D eigenvalue weighted by Gasteiger charge is 2.36. The van der Waals surface area contributed by atoms with Gasteiger partial charge in [0.25, 0.3) is 0 Å². The Bertz CT molecular complexity index is 621. The van der Waals surface area contributed by atoms with Crippen LogP contribution in [-0.4, -0.2) is 39.2 Å². The Labute approximate surface area is 156 Å². The summed E-state index contributed by atoms with van der Waals surface area (Å²) >= 11 is 0. The van der Waals surface area contributed by atoms with Crippen molar-refractivity contribution in [2.75, 3.05) is 26.6 Å². The van der Waals surface area contributed by atoms with Crippen LogP contribution in [0.3, 0.4) is 0 Å². The van der Waals surface area contributed by atoms with Gasteiger partial charge in [0.2, 0.25) is 17.4 Å². The monoisotopic (exact) mass is 391 g/mol. The van der Waals surface area contributed by atoms with Crippen molar-refractivity contribution in [1.82, 2.24) is 0 Å². The minimum Gasteiger partial charge on any atom is -0.493 e. The SMILES string of the molecule is COc1cc(NC(=O)CCCCCCC(=O)C(F)(F)F)cc(OC)c1OC. The first-order chi connectivity index (χ1) is 12.7. The number of alkyl halides is 3. The summed E-state index contributed by atoms with van der Waals surface area (Å²) in [6, 6.07) is 3.20. The van der Waals surface area contributed by atoms with Gasteiger partial charge in [-0.25, -0.2) is 0 Å². The molecule has 0 saturated carbocycles. The molecule has 0 aromatic heterocycles. The van der Waals surface area contributed by atoms with Crippen LogP contribution in [0.15, 0.2) is 12.1 Å². The Balaban J connectivity index is 2.42. The van der Waals surface area contributed by atoms with Gasteiger partial charge >= 0.3 is 6.18 Å². The molecule has 0 unspecified atom stereocenters. The number of anilines is 1. The molecule has 0 bridgehead atoms. The van der Waals surface area contributed by atoms with Crippen molar-refractivity contribution < 1.29 is 37.0 Å². The number of rotatable bonds is 11. The minimum absolute atomic E-state index is 0.160. The standard InChI is InChI=1S/C18H24F3NO5/c1-25-13-10-12(11-14(26-2)17(13)27-3)22-16(24)9-7-5-4-6-8-15(23)18(19,20)21/h10-11H,4-9H2,1-3H3,(H,22,24). The zero-order valence-corrected chi connectivity index (χ0v) is 15.6. The van der Waals surface area contributed by atoms with Crippen LogP contribution in [0.4, 0.5) is 18.9 Å². The van der Waals surface area contributed by atoms with Gasteiger partial charge < -0.3 is 19.5 Å². The molecular weight excluding hydrogens is 367 g/mol. The molecule has 0 aliphatic heterocycles. The predicted octanol–water partition coefficient (Wildman–Crippen LogP) is 4.12. The molecule has 9 heteroatoms. The van der Waals surface area contributed by atoms with Gasteiger partial charge in [-0.15, -0.1) is 0 Å². The van der Waals surface area contributed by atoms with Crippen molar-refractivity contribution in [1.29, 1.82) is 0 Å². The Hall–Kier alpha value is -2.45. The van der Waals surface area contributed by atoms with E-state index in [9.17, 15) is 22.8 Å². The molecule has 1 aromatic carbocycles. The molecule has 1 aromatic rings. The van der Waals surface area contributed by atoms with Crippen molar-refractivity contribution in [2.45, 2.75) is 44.7 Å². The van der Waals surface area contributed by atoms with Crippen LogP contribution < -0.4 is 19.5 Å². The van der Waals surface area contributed by atoms with Crippen molar-refractivity contribution >= 4 is 17.4 Å². The van der Waals surface area contributed by atoms with E-state index in [-0.39, 0.29) is 18.7 Å². The number of benzene rings is 1. The number of hydrogen-bond acceptors (Lipinski definition) is 5. The van der Waals surface area contributed by atoms with Gasteiger partial charge in [-0.3, -0.25) is 9.59 Å². The highest BCUT2D eigenvalue weighted by atomic mass is 19.4. The molecule has 152 valence electrons. The number of hydrogen-bond donors (Lipinski definition) is 1. The summed E-state index contributed by atoms with van der Waals surface area (Å²) in [5.41, 5.74) is 0.477. The lowest BCUT2D eigenvalue weighted by Crippen LogP contribution is -2.22. The van der Waals surface area contributed by atoms with Crippen LogP contribution in [0.25, 0.3) is 0 Å². The van der Waals surface area contributed by atoms with Crippen LogP contribution >= 0.6 is 0 Å². The Morgan fingerprint density at radius 2 is 1.41 bits per heavy atom. The first-order valence-electron chi connectivity index (χ1n) is 8.42. The molecule has 27 heavy (non-hydrogen) atoms. The van der Waals surface area contributed by atoms with E-state index in [0.717, 1.165) is 0 Å². The van der Waals surface area contributed by atoms with Crippen molar-refractivity contribution in [2.24, 2.45) is 0 Å². The fourth-order valence-electron chi connectivity index (χ4n) is 2.44. The van der Waals surface area contributed by atoms with Crippen LogP contribution in [-0.2, 0) is 9.59 Å². The van der Waals surface area contributed by atoms with E-state index in [0.29, 0.717) is 42.2 Å². The minimum atomic E-state index is -4.76. The van der Waals surface area contributed by atoms with E-state index in [1.54, 1.807) is 12.1 Å². The molecule has 0 aliphatic rings. The van der Waals surface area contributed by atoms with Crippen LogP contribution in [0.1, 0.15) is 38.5 Å². The molecular formula is C18H24F3NO5. The topological polar surface area (TPSA) is 73.9 Å². The second-order valence-corrected chi connectivity index (χ2v) is 5.80. The Morgan fingerprint density at radius 1 is 0.889 bits per heavy atom. The summed E-state index contributed by atoms with van der Waals surface area (Å²) in [5, 5.41) is 2.71. The summed E-state index contributed by atoms with van der Waals surface area (Å²) in [6.07, 6.45) is -3.37. The van der Waals surface area contributed by atoms with E-state index >= 15 is 0 Å². The molecule has 0 spiro atoms. The van der Waals surface area contributed by atoms with E-state index < -0.39 is 18.4 Å². The maximum Gasteiger partial charge on any atom is 0.449 e. The van der Waals surface area contributed by atoms with Gasteiger partial charge in [-0.05, 0) is 12.8 Å². The normalized spacial score (nSPS) is 11.0. The number of carbonyl (C=O) groups excluding carboxylic acids is 2. The van der Waals surface area contributed by atoms with E-state index in [2.05, 4.69) is 5.32 Å². The molecule has 0 radical (unpaired) electrons. The summed E-state index contributed by atoms with van der Waals surface area (Å²) in [6.45, 7) is 0. The first-order valence-corrected chi connectivity index (χ1v) is 8.42. The van der Waals surface area contributed by atoms with Gasteiger partial charge in [-0.2, -0.15) is 13.2 Å². The molecule has 0 heterocycles. The largest absolute Gasteiger partial charge is 0.493 e. The molecule has 0 fully saturated rings. The van der Waals surface area contributed by atoms with E-state index in [1.807, 2.05) is 0 Å². The Morgan fingerprint density at radius 3 is 1.85 bits per heavy atom. The maximum absolute atomic E-state index is 12.1. The summed E-state index contributed by atoms with van der Waals surface area (Å²) < 4.78 is 51.8. The van der Waals surface area contributed by atoms with E-state index in [4.69, 9.17) is 14.2 Å². The predicted molar refractivity (Wildman–Crippen MR) is 93.5 cm³/mol. The van der Waals surface area contributed by atoms with Gasteiger partial charge in [0.1, 0.15) is 0 Å². The third-order valence-electron chi connectivity index (χ3n) is 3.82. The fraction of sp³-hybridized carbons (Fsp3) is 0.556. The first kappa shape index (κ1) is 22.6. The number of methoxy groups -OCH3 is 3. The van der Waals surface area contributed by atoms with Crippen molar-refractivity contribution in [3.05, 3.63) is 12.1 Å². The molecule has 0 aliphatic carbocycles. The number of ether oxygens (including phenoxy) is 3. The third-order valence-corrected chi connectivity index (χ3v) is 3.82. The average Bonchev–Trinajstić information content (AvgIpc) is 2.62. The second-order valence-electron chi connectivity index (χ2n) is 5.80. The fourth-order valence-corrected chi connectivity index (χ4v) is 2.44. The van der Waals surface area contributed by atoms with Gasteiger partial charge in [0.15, 0.2) is 11.5 Å². The van der Waals surface area contributed by atoms with Crippen LogP contribution in [0.2, 0.25) is 0 Å². The third kappa shape index (κ3) is 7.36. The average molecular weight is 391 g/mol. The van der Waals surface area contributed by atoms with Crippen LogP contribution in [0, 0.1) is 0 Å². The summed E-state index contributed by atoms with van der Waals surface area (Å²) in [7, 11) is 4.40. The number of unbranched alkanes of at least 4 members (excludes halogenated alkanes) is 3. The molecule has 0 saturated heterocycles. The number of nitrogens with one attached hydrogen (secondary N) is 1. The van der Waals surface area contributed by atoms with E-state index in [1.165, 1.54) is 21.3 Å². The number of ketones is 1. The molecule has 1 N–H and O–H groups in total. The molecule has 0 atom stereocenters. The number of halogens is 3. The summed E-state index contributed by atoms with van der Waals surface area (Å²) in [4.78, 5) is 22.8. The number of carbonyl (C=O) groups is 2. The van der Waals surface area contributed by atoms with Gasteiger partial charge in [0.05, 0.1) is 21.3 Å². The molecule has 1 amide bonds. The lowest BCUT2D eigenvalue weighted by Gasteiger charge is -2.14. The molecule has 1 rings (SSSR count). The van der Waals surface area contributed by atoms with Gasteiger partial charge in [0, 0.05) is 30.7 Å². The maximum atomic E-state index is 12.1.